The molecule has 0 aliphatic carbocycles. The molecule has 1 aromatic carbocycles. The van der Waals surface area contributed by atoms with E-state index in [1.54, 1.807) is 6.07 Å². The zero-order valence-corrected chi connectivity index (χ0v) is 13.6. The fraction of sp³-hybridized carbons (Fsp3) is 0.500. The molecular weight excluding hydrogens is 321 g/mol. The van der Waals surface area contributed by atoms with E-state index in [2.05, 4.69) is 5.32 Å². The van der Waals surface area contributed by atoms with Gasteiger partial charge in [-0.1, -0.05) is 11.6 Å². The molecule has 5 nitrogen and oxygen atoms in total. The van der Waals surface area contributed by atoms with Gasteiger partial charge < -0.3 is 15.1 Å². The molecule has 2 aliphatic heterocycles. The predicted octanol–water partition coefficient (Wildman–Crippen LogP) is 1.65. The van der Waals surface area contributed by atoms with E-state index in [4.69, 9.17) is 11.6 Å². The summed E-state index contributed by atoms with van der Waals surface area (Å²) < 4.78 is 13.6. The lowest BCUT2D eigenvalue weighted by molar-refractivity contribution is -0.136. The average molecular weight is 340 g/mol. The molecule has 2 atom stereocenters. The summed E-state index contributed by atoms with van der Waals surface area (Å²) in [6.07, 6.45) is 0.168. The summed E-state index contributed by atoms with van der Waals surface area (Å²) in [5.41, 5.74) is 0.445. The predicted molar refractivity (Wildman–Crippen MR) is 85.9 cm³/mol. The van der Waals surface area contributed by atoms with E-state index in [0.29, 0.717) is 18.8 Å². The number of piperazine rings is 1. The second-order valence-electron chi connectivity index (χ2n) is 6.14. The van der Waals surface area contributed by atoms with E-state index in [0.717, 1.165) is 6.54 Å². The minimum absolute atomic E-state index is 0.00337. The zero-order chi connectivity index (χ0) is 16.6. The Labute approximate surface area is 139 Å². The van der Waals surface area contributed by atoms with Crippen LogP contribution in [0.15, 0.2) is 18.2 Å². The van der Waals surface area contributed by atoms with Crippen molar-refractivity contribution in [3.63, 3.8) is 0 Å². The van der Waals surface area contributed by atoms with Crippen molar-refractivity contribution >= 4 is 29.1 Å². The second kappa shape index (κ2) is 6.45. The summed E-state index contributed by atoms with van der Waals surface area (Å²) >= 11 is 5.67. The highest BCUT2D eigenvalue weighted by molar-refractivity contribution is 6.30. The summed E-state index contributed by atoms with van der Waals surface area (Å²) in [4.78, 5) is 28.1. The standard InChI is InChI=1S/C16H19ClFN3O2/c1-10-8-20(5-4-19-10)16(23)11-6-15(22)21(9-11)12-2-3-13(17)14(18)7-12/h2-3,7,10-11,19H,4-6,8-9H2,1H3/t10-,11?/m1/s1. The van der Waals surface area contributed by atoms with Gasteiger partial charge in [-0.15, -0.1) is 0 Å². The van der Waals surface area contributed by atoms with E-state index in [1.165, 1.54) is 17.0 Å². The Morgan fingerprint density at radius 3 is 2.87 bits per heavy atom. The molecule has 2 aliphatic rings. The molecule has 3 rings (SSSR count). The fourth-order valence-corrected chi connectivity index (χ4v) is 3.28. The molecule has 1 N–H and O–H groups in total. The molecule has 124 valence electrons. The average Bonchev–Trinajstić information content (AvgIpc) is 2.91. The van der Waals surface area contributed by atoms with Gasteiger partial charge in [0.15, 0.2) is 0 Å². The van der Waals surface area contributed by atoms with Crippen LogP contribution in [0.25, 0.3) is 0 Å². The van der Waals surface area contributed by atoms with Crippen molar-refractivity contribution < 1.29 is 14.0 Å². The number of nitrogens with zero attached hydrogens (tertiary/aromatic N) is 2. The summed E-state index contributed by atoms with van der Waals surface area (Å²) in [5.74, 6) is -1.09. The third-order valence-corrected chi connectivity index (χ3v) is 4.68. The maximum atomic E-state index is 13.6. The van der Waals surface area contributed by atoms with Crippen LogP contribution in [0.3, 0.4) is 0 Å². The van der Waals surface area contributed by atoms with E-state index >= 15 is 0 Å². The Balaban J connectivity index is 1.71. The Morgan fingerprint density at radius 1 is 1.39 bits per heavy atom. The minimum atomic E-state index is -0.567. The second-order valence-corrected chi connectivity index (χ2v) is 6.55. The molecule has 1 aromatic rings. The van der Waals surface area contributed by atoms with Gasteiger partial charge in [0.05, 0.1) is 10.9 Å². The molecule has 2 amide bonds. The molecule has 2 fully saturated rings. The number of carbonyl (C=O) groups is 2. The molecule has 23 heavy (non-hydrogen) atoms. The van der Waals surface area contributed by atoms with E-state index < -0.39 is 5.82 Å². The van der Waals surface area contributed by atoms with Gasteiger partial charge in [0, 0.05) is 44.3 Å². The SMILES string of the molecule is C[C@@H]1CN(C(=O)C2CC(=O)N(c3ccc(Cl)c(F)c3)C2)CCN1. The van der Waals surface area contributed by atoms with E-state index in [1.807, 2.05) is 11.8 Å². The smallest absolute Gasteiger partial charge is 0.228 e. The number of hydrogen-bond acceptors (Lipinski definition) is 3. The third kappa shape index (κ3) is 3.33. The number of rotatable bonds is 2. The highest BCUT2D eigenvalue weighted by Crippen LogP contribution is 2.29. The maximum Gasteiger partial charge on any atom is 0.228 e. The van der Waals surface area contributed by atoms with Crippen molar-refractivity contribution in [1.82, 2.24) is 10.2 Å². The topological polar surface area (TPSA) is 52.7 Å². The van der Waals surface area contributed by atoms with Gasteiger partial charge in [0.1, 0.15) is 5.82 Å². The Kier molecular flexibility index (Phi) is 4.55. The number of benzene rings is 1. The Hall–Kier alpha value is -1.66. The molecule has 0 saturated carbocycles. The van der Waals surface area contributed by atoms with Crippen molar-refractivity contribution in [1.29, 1.82) is 0 Å². The Morgan fingerprint density at radius 2 is 2.17 bits per heavy atom. The monoisotopic (exact) mass is 339 g/mol. The molecule has 1 unspecified atom stereocenters. The lowest BCUT2D eigenvalue weighted by Gasteiger charge is -2.33. The van der Waals surface area contributed by atoms with Crippen molar-refractivity contribution in [2.75, 3.05) is 31.1 Å². The number of amides is 2. The van der Waals surface area contributed by atoms with Gasteiger partial charge in [-0.2, -0.15) is 0 Å². The van der Waals surface area contributed by atoms with Gasteiger partial charge in [-0.3, -0.25) is 9.59 Å². The van der Waals surface area contributed by atoms with Gasteiger partial charge >= 0.3 is 0 Å². The fourth-order valence-electron chi connectivity index (χ4n) is 3.17. The van der Waals surface area contributed by atoms with Crippen molar-refractivity contribution in [2.24, 2.45) is 5.92 Å². The number of carbonyl (C=O) groups excluding carboxylic acids is 2. The highest BCUT2D eigenvalue weighted by atomic mass is 35.5. The highest BCUT2D eigenvalue weighted by Gasteiger charge is 2.38. The first-order chi connectivity index (χ1) is 11.0. The quantitative estimate of drug-likeness (QED) is 0.891. The molecule has 0 spiro atoms. The third-order valence-electron chi connectivity index (χ3n) is 4.37. The number of hydrogen-bond donors (Lipinski definition) is 1. The van der Waals surface area contributed by atoms with Gasteiger partial charge in [-0.05, 0) is 25.1 Å². The van der Waals surface area contributed by atoms with Crippen LogP contribution < -0.4 is 10.2 Å². The summed E-state index contributed by atoms with van der Waals surface area (Å²) in [5, 5.41) is 3.30. The first-order valence-corrected chi connectivity index (χ1v) is 8.11. The maximum absolute atomic E-state index is 13.6. The first-order valence-electron chi connectivity index (χ1n) is 7.73. The van der Waals surface area contributed by atoms with Crippen LogP contribution in [0.1, 0.15) is 13.3 Å². The van der Waals surface area contributed by atoms with Gasteiger partial charge in [0.25, 0.3) is 0 Å². The first kappa shape index (κ1) is 16.2. The minimum Gasteiger partial charge on any atom is -0.340 e. The summed E-state index contributed by atoms with van der Waals surface area (Å²) in [7, 11) is 0. The summed E-state index contributed by atoms with van der Waals surface area (Å²) in [6, 6.07) is 4.52. The molecule has 0 aromatic heterocycles. The van der Waals surface area contributed by atoms with Crippen LogP contribution in [0, 0.1) is 11.7 Å². The van der Waals surface area contributed by atoms with E-state index in [-0.39, 0.29) is 41.8 Å². The van der Waals surface area contributed by atoms with Crippen LogP contribution in [0.5, 0.6) is 0 Å². The van der Waals surface area contributed by atoms with Crippen LogP contribution in [-0.4, -0.2) is 48.9 Å². The number of halogens is 2. The summed E-state index contributed by atoms with van der Waals surface area (Å²) in [6.45, 7) is 4.39. The normalized spacial score (nSPS) is 25.1. The van der Waals surface area contributed by atoms with Crippen LogP contribution in [0.4, 0.5) is 10.1 Å². The zero-order valence-electron chi connectivity index (χ0n) is 12.9. The lowest BCUT2D eigenvalue weighted by Crippen LogP contribution is -2.53. The number of anilines is 1. The number of nitrogens with one attached hydrogen (secondary N) is 1. The Bertz CT molecular complexity index is 640. The van der Waals surface area contributed by atoms with Gasteiger partial charge in [-0.25, -0.2) is 4.39 Å². The van der Waals surface area contributed by atoms with Crippen molar-refractivity contribution in [3.05, 3.63) is 29.0 Å². The van der Waals surface area contributed by atoms with Gasteiger partial charge in [0.2, 0.25) is 11.8 Å². The molecule has 2 heterocycles. The van der Waals surface area contributed by atoms with Crippen LogP contribution in [0.2, 0.25) is 5.02 Å². The molecular formula is C16H19ClFN3O2. The van der Waals surface area contributed by atoms with Crippen molar-refractivity contribution in [3.8, 4) is 0 Å². The van der Waals surface area contributed by atoms with Crippen LogP contribution in [-0.2, 0) is 9.59 Å². The molecule has 2 saturated heterocycles. The lowest BCUT2D eigenvalue weighted by atomic mass is 10.1. The van der Waals surface area contributed by atoms with E-state index in [9.17, 15) is 14.0 Å². The van der Waals surface area contributed by atoms with Crippen molar-refractivity contribution in [2.45, 2.75) is 19.4 Å². The van der Waals surface area contributed by atoms with Crippen LogP contribution >= 0.6 is 11.6 Å². The largest absolute Gasteiger partial charge is 0.340 e. The molecule has 7 heteroatoms. The molecule has 0 radical (unpaired) electrons. The molecule has 0 bridgehead atoms.